The third kappa shape index (κ3) is 5.19. The highest BCUT2D eigenvalue weighted by molar-refractivity contribution is 6.03. The first-order chi connectivity index (χ1) is 12.1. The average molecular weight is 379 g/mol. The van der Waals surface area contributed by atoms with Crippen molar-refractivity contribution in [2.75, 3.05) is 24.1 Å². The molecule has 1 fully saturated rings. The number of anilines is 2. The predicted molar refractivity (Wildman–Crippen MR) is 101 cm³/mol. The second-order valence-corrected chi connectivity index (χ2v) is 6.14. The van der Waals surface area contributed by atoms with Gasteiger partial charge in [0.25, 0.3) is 5.91 Å². The number of carbonyl (C=O) groups excluding carboxylic acids is 2. The molecule has 0 bridgehead atoms. The van der Waals surface area contributed by atoms with Gasteiger partial charge in [-0.3, -0.25) is 14.9 Å². The van der Waals surface area contributed by atoms with Gasteiger partial charge in [-0.25, -0.2) is 9.67 Å². The Morgan fingerprint density at radius 2 is 1.88 bits per heavy atom. The van der Waals surface area contributed by atoms with Crippen molar-refractivity contribution in [2.24, 2.45) is 0 Å². The van der Waals surface area contributed by atoms with E-state index < -0.39 is 0 Å². The van der Waals surface area contributed by atoms with Crippen LogP contribution in [0.4, 0.5) is 11.6 Å². The molecule has 9 heteroatoms. The van der Waals surface area contributed by atoms with Crippen LogP contribution in [0.5, 0.6) is 0 Å². The summed E-state index contributed by atoms with van der Waals surface area (Å²) < 4.78 is 1.45. The number of nitrogens with two attached hydrogens (primary N) is 1. The molecule has 2 aromatic rings. The zero-order valence-electron chi connectivity index (χ0n) is 14.4. The van der Waals surface area contributed by atoms with E-state index in [9.17, 15) is 9.59 Å². The monoisotopic (exact) mass is 378 g/mol. The van der Waals surface area contributed by atoms with Gasteiger partial charge in [0.1, 0.15) is 12.9 Å². The lowest BCUT2D eigenvalue weighted by molar-refractivity contribution is -0.132. The van der Waals surface area contributed by atoms with Crippen LogP contribution in [0.15, 0.2) is 30.6 Å². The predicted octanol–water partition coefficient (Wildman–Crippen LogP) is 1.94. The summed E-state index contributed by atoms with van der Waals surface area (Å²) in [6.07, 6.45) is 5.89. The zero-order chi connectivity index (χ0) is 17.6. The van der Waals surface area contributed by atoms with E-state index in [2.05, 4.69) is 15.4 Å². The highest BCUT2D eigenvalue weighted by Crippen LogP contribution is 2.11. The Hall–Kier alpha value is -2.61. The number of aromatic nitrogens is 3. The fraction of sp³-hybridized carbons (Fsp3) is 0.412. The molecule has 1 aliphatic rings. The molecule has 3 rings (SSSR count). The number of halogens is 1. The highest BCUT2D eigenvalue weighted by atomic mass is 35.5. The number of carbonyl (C=O) groups is 2. The van der Waals surface area contributed by atoms with Crippen molar-refractivity contribution >= 4 is 35.9 Å². The lowest BCUT2D eigenvalue weighted by Crippen LogP contribution is -2.34. The number of nitrogens with zero attached hydrogens (tertiary/aromatic N) is 4. The second kappa shape index (κ2) is 9.19. The molecule has 2 heterocycles. The minimum Gasteiger partial charge on any atom is -0.399 e. The van der Waals surface area contributed by atoms with Gasteiger partial charge in [0, 0.05) is 24.3 Å². The van der Waals surface area contributed by atoms with Crippen molar-refractivity contribution in [3.8, 4) is 0 Å². The van der Waals surface area contributed by atoms with Crippen LogP contribution in [0.3, 0.4) is 0 Å². The molecular weight excluding hydrogens is 356 g/mol. The van der Waals surface area contributed by atoms with Crippen molar-refractivity contribution in [3.05, 3.63) is 36.2 Å². The molecule has 0 unspecified atom stereocenters. The minimum atomic E-state index is -0.344. The van der Waals surface area contributed by atoms with E-state index in [1.54, 1.807) is 24.3 Å². The van der Waals surface area contributed by atoms with Crippen LogP contribution in [-0.2, 0) is 11.3 Å². The molecule has 0 atom stereocenters. The number of likely N-dealkylation sites (tertiary alicyclic amines) is 1. The van der Waals surface area contributed by atoms with E-state index >= 15 is 0 Å². The van der Waals surface area contributed by atoms with Crippen LogP contribution in [0, 0.1) is 0 Å². The van der Waals surface area contributed by atoms with E-state index in [1.807, 2.05) is 4.90 Å². The van der Waals surface area contributed by atoms with Crippen LogP contribution in [0.1, 0.15) is 36.0 Å². The number of benzene rings is 1. The molecule has 140 valence electrons. The maximum Gasteiger partial charge on any atom is 0.258 e. The van der Waals surface area contributed by atoms with Crippen LogP contribution in [0.2, 0.25) is 0 Å². The van der Waals surface area contributed by atoms with Gasteiger partial charge in [-0.2, -0.15) is 0 Å². The van der Waals surface area contributed by atoms with Crippen molar-refractivity contribution in [2.45, 2.75) is 32.2 Å². The summed E-state index contributed by atoms with van der Waals surface area (Å²) in [5, 5.41) is 6.76. The Morgan fingerprint density at radius 3 is 2.58 bits per heavy atom. The molecule has 1 saturated heterocycles. The van der Waals surface area contributed by atoms with Crippen molar-refractivity contribution in [3.63, 3.8) is 0 Å². The van der Waals surface area contributed by atoms with Crippen LogP contribution >= 0.6 is 12.4 Å². The van der Waals surface area contributed by atoms with Crippen LogP contribution < -0.4 is 11.1 Å². The Bertz CT molecular complexity index is 755. The van der Waals surface area contributed by atoms with Crippen molar-refractivity contribution < 1.29 is 9.59 Å². The van der Waals surface area contributed by atoms with E-state index in [4.69, 9.17) is 5.73 Å². The molecule has 1 aromatic carbocycles. The number of rotatable bonds is 4. The summed E-state index contributed by atoms with van der Waals surface area (Å²) in [5.41, 5.74) is 6.61. The lowest BCUT2D eigenvalue weighted by Gasteiger charge is -2.19. The molecule has 1 aromatic heterocycles. The Kier molecular flexibility index (Phi) is 6.97. The van der Waals surface area contributed by atoms with Gasteiger partial charge in [0.05, 0.1) is 0 Å². The summed E-state index contributed by atoms with van der Waals surface area (Å²) in [4.78, 5) is 30.4. The first-order valence-corrected chi connectivity index (χ1v) is 8.46. The normalized spacial score (nSPS) is 14.2. The molecule has 0 radical (unpaired) electrons. The summed E-state index contributed by atoms with van der Waals surface area (Å²) in [6, 6.07) is 6.65. The first-order valence-electron chi connectivity index (χ1n) is 8.46. The van der Waals surface area contributed by atoms with Crippen molar-refractivity contribution in [1.29, 1.82) is 0 Å². The Morgan fingerprint density at radius 1 is 1.15 bits per heavy atom. The minimum absolute atomic E-state index is 0. The number of amides is 2. The van der Waals surface area contributed by atoms with E-state index in [-0.39, 0.29) is 36.7 Å². The van der Waals surface area contributed by atoms with Crippen molar-refractivity contribution in [1.82, 2.24) is 19.7 Å². The average Bonchev–Trinajstić information content (AvgIpc) is 2.85. The SMILES string of the molecule is Cl.Nc1cccc(C(=O)Nc2ncn(CC(=O)N3CCCCCC3)n2)c1. The molecule has 26 heavy (non-hydrogen) atoms. The molecule has 0 saturated carbocycles. The van der Waals surface area contributed by atoms with Gasteiger partial charge in [-0.1, -0.05) is 18.9 Å². The van der Waals surface area contributed by atoms with Gasteiger partial charge < -0.3 is 10.6 Å². The van der Waals surface area contributed by atoms with Crippen LogP contribution in [0.25, 0.3) is 0 Å². The molecule has 3 N–H and O–H groups in total. The van der Waals surface area contributed by atoms with E-state index in [1.165, 1.54) is 23.9 Å². The first kappa shape index (κ1) is 19.7. The van der Waals surface area contributed by atoms with Crippen LogP contribution in [-0.4, -0.2) is 44.6 Å². The van der Waals surface area contributed by atoms with E-state index in [0.717, 1.165) is 25.9 Å². The largest absolute Gasteiger partial charge is 0.399 e. The maximum absolute atomic E-state index is 12.3. The van der Waals surface area contributed by atoms with Gasteiger partial charge in [0.2, 0.25) is 11.9 Å². The van der Waals surface area contributed by atoms with Gasteiger partial charge in [-0.15, -0.1) is 17.5 Å². The zero-order valence-corrected chi connectivity index (χ0v) is 15.2. The summed E-state index contributed by atoms with van der Waals surface area (Å²) in [6.45, 7) is 1.72. The molecule has 0 spiro atoms. The third-order valence-corrected chi connectivity index (χ3v) is 4.17. The van der Waals surface area contributed by atoms with Gasteiger partial charge in [0.15, 0.2) is 0 Å². The maximum atomic E-state index is 12.3. The Balaban J connectivity index is 0.00000243. The third-order valence-electron chi connectivity index (χ3n) is 4.17. The van der Waals surface area contributed by atoms with Gasteiger partial charge in [-0.05, 0) is 31.0 Å². The molecule has 2 amide bonds. The molecule has 8 nitrogen and oxygen atoms in total. The topological polar surface area (TPSA) is 106 Å². The number of nitrogen functional groups attached to an aromatic ring is 1. The quantitative estimate of drug-likeness (QED) is 0.791. The van der Waals surface area contributed by atoms with E-state index in [0.29, 0.717) is 11.3 Å². The standard InChI is InChI=1S/C17H22N6O2.ClH/c18-14-7-5-6-13(10-14)16(25)20-17-19-12-23(21-17)11-15(24)22-8-3-1-2-4-9-22;/h5-7,10,12H,1-4,8-9,11,18H2,(H,20,21,25);1H. The second-order valence-electron chi connectivity index (χ2n) is 6.14. The number of nitrogens with one attached hydrogen (secondary N) is 1. The van der Waals surface area contributed by atoms with Gasteiger partial charge >= 0.3 is 0 Å². The number of hydrogen-bond donors (Lipinski definition) is 2. The highest BCUT2D eigenvalue weighted by Gasteiger charge is 2.17. The fourth-order valence-electron chi connectivity index (χ4n) is 2.84. The summed E-state index contributed by atoms with van der Waals surface area (Å²) in [7, 11) is 0. The lowest BCUT2D eigenvalue weighted by atomic mass is 10.2. The summed E-state index contributed by atoms with van der Waals surface area (Å²) >= 11 is 0. The molecular formula is C17H23ClN6O2. The molecule has 1 aliphatic heterocycles. The summed E-state index contributed by atoms with van der Waals surface area (Å²) in [5.74, 6) is -0.152. The smallest absolute Gasteiger partial charge is 0.258 e. The Labute approximate surface area is 158 Å². The fourth-order valence-corrected chi connectivity index (χ4v) is 2.84. The molecule has 0 aliphatic carbocycles. The number of hydrogen-bond acceptors (Lipinski definition) is 5.